The zero-order valence-electron chi connectivity index (χ0n) is 19.4. The molecule has 0 saturated carbocycles. The van der Waals surface area contributed by atoms with Gasteiger partial charge in [0.1, 0.15) is 48.8 Å². The molecule has 0 radical (unpaired) electrons. The maximum absolute atomic E-state index is 9.64. The number of aliphatic hydroxyl groups is 8. The summed E-state index contributed by atoms with van der Waals surface area (Å²) in [5.41, 5.74) is -1.12. The number of ether oxygens (including phenoxy) is 4. The summed E-state index contributed by atoms with van der Waals surface area (Å²) in [6.07, 6.45) is -12.1. The molecule has 0 amide bonds. The number of hydrogen-bond acceptors (Lipinski definition) is 12. The summed E-state index contributed by atoms with van der Waals surface area (Å²) in [5.74, 6) is 0. The van der Waals surface area contributed by atoms with Crippen molar-refractivity contribution in [3.05, 3.63) is 0 Å². The fourth-order valence-corrected chi connectivity index (χ4v) is 3.03. The van der Waals surface area contributed by atoms with Crippen LogP contribution in [0.4, 0.5) is 0 Å². The summed E-state index contributed by atoms with van der Waals surface area (Å²) in [6, 6.07) is 0. The van der Waals surface area contributed by atoms with Crippen LogP contribution in [0.2, 0.25) is 0 Å². The van der Waals surface area contributed by atoms with Crippen molar-refractivity contribution in [3.8, 4) is 0 Å². The minimum Gasteiger partial charge on any atom is -0.394 e. The van der Waals surface area contributed by atoms with E-state index in [2.05, 4.69) is 0 Å². The average molecular weight is 473 g/mol. The third-order valence-corrected chi connectivity index (χ3v) is 4.64. The van der Waals surface area contributed by atoms with E-state index in [4.69, 9.17) is 29.2 Å². The molecule has 2 fully saturated rings. The van der Waals surface area contributed by atoms with Crippen LogP contribution >= 0.6 is 0 Å². The van der Waals surface area contributed by atoms with Gasteiger partial charge in [-0.1, -0.05) is 0 Å². The van der Waals surface area contributed by atoms with Gasteiger partial charge < -0.3 is 59.8 Å². The first-order valence-corrected chi connectivity index (χ1v) is 10.5. The number of hydrogen-bond donors (Lipinski definition) is 8. The van der Waals surface area contributed by atoms with Crippen LogP contribution in [0.5, 0.6) is 0 Å². The molecule has 0 spiro atoms. The van der Waals surface area contributed by atoms with Crippen LogP contribution in [0.15, 0.2) is 0 Å². The minimum atomic E-state index is -1.39. The van der Waals surface area contributed by atoms with Gasteiger partial charge >= 0.3 is 0 Å². The Bertz CT molecular complexity index is 496. The summed E-state index contributed by atoms with van der Waals surface area (Å²) in [6.45, 7) is 9.73. The van der Waals surface area contributed by atoms with E-state index >= 15 is 0 Å². The van der Waals surface area contributed by atoms with Crippen molar-refractivity contribution in [2.75, 3.05) is 13.2 Å². The van der Waals surface area contributed by atoms with Crippen LogP contribution < -0.4 is 0 Å². The van der Waals surface area contributed by atoms with E-state index in [-0.39, 0.29) is 0 Å². The second kappa shape index (κ2) is 11.8. The van der Waals surface area contributed by atoms with Gasteiger partial charge in [0.05, 0.1) is 24.4 Å². The molecule has 0 bridgehead atoms. The SMILES string of the molecule is CC(C)(C)O[C@@H]1O[C@H](CO)[C@@H](O)[C@H](O)[C@H]1O.CC(C)(C)O[C@@H]1O[C@H](CO)[C@@H](O)[C@H](O)[C@H]1O. The maximum Gasteiger partial charge on any atom is 0.187 e. The molecule has 2 aliphatic rings. The lowest BCUT2D eigenvalue weighted by Gasteiger charge is -2.41. The molecular weight excluding hydrogens is 432 g/mol. The Morgan fingerprint density at radius 2 is 0.812 bits per heavy atom. The van der Waals surface area contributed by atoms with Crippen LogP contribution in [0, 0.1) is 0 Å². The molecule has 12 nitrogen and oxygen atoms in total. The van der Waals surface area contributed by atoms with Crippen molar-refractivity contribution < 1.29 is 59.8 Å². The van der Waals surface area contributed by atoms with Crippen LogP contribution in [-0.2, 0) is 18.9 Å². The predicted molar refractivity (Wildman–Crippen MR) is 109 cm³/mol. The molecule has 0 aromatic rings. The maximum atomic E-state index is 9.64. The van der Waals surface area contributed by atoms with Crippen molar-refractivity contribution in [1.82, 2.24) is 0 Å². The van der Waals surface area contributed by atoms with Crippen LogP contribution in [0.25, 0.3) is 0 Å². The zero-order chi connectivity index (χ0) is 25.0. The van der Waals surface area contributed by atoms with E-state index in [0.29, 0.717) is 0 Å². The highest BCUT2D eigenvalue weighted by Crippen LogP contribution is 2.26. The second-order valence-electron chi connectivity index (χ2n) is 9.86. The lowest BCUT2D eigenvalue weighted by molar-refractivity contribution is -0.321. The lowest BCUT2D eigenvalue weighted by Crippen LogP contribution is -2.60. The molecule has 32 heavy (non-hydrogen) atoms. The average Bonchev–Trinajstić information content (AvgIpc) is 2.67. The highest BCUT2D eigenvalue weighted by molar-refractivity contribution is 4.90. The third kappa shape index (κ3) is 8.38. The van der Waals surface area contributed by atoms with Gasteiger partial charge in [0.25, 0.3) is 0 Å². The Hall–Kier alpha value is -0.480. The first kappa shape index (κ1) is 29.6. The largest absolute Gasteiger partial charge is 0.394 e. The summed E-state index contributed by atoms with van der Waals surface area (Å²) in [4.78, 5) is 0. The Balaban J connectivity index is 0.000000320. The number of rotatable bonds is 4. The molecule has 2 saturated heterocycles. The van der Waals surface area contributed by atoms with Gasteiger partial charge in [0.15, 0.2) is 12.6 Å². The van der Waals surface area contributed by atoms with Crippen molar-refractivity contribution in [3.63, 3.8) is 0 Å². The van der Waals surface area contributed by atoms with Gasteiger partial charge in [0, 0.05) is 0 Å². The fourth-order valence-electron chi connectivity index (χ4n) is 3.03. The summed E-state index contributed by atoms with van der Waals surface area (Å²) < 4.78 is 21.1. The Morgan fingerprint density at radius 3 is 1.03 bits per heavy atom. The predicted octanol–water partition coefficient (Wildman–Crippen LogP) is -2.80. The molecule has 0 aromatic carbocycles. The topological polar surface area (TPSA) is 199 Å². The highest BCUT2D eigenvalue weighted by atomic mass is 16.7. The van der Waals surface area contributed by atoms with E-state index < -0.39 is 85.8 Å². The molecule has 2 rings (SSSR count). The molecule has 12 heteroatoms. The van der Waals surface area contributed by atoms with E-state index in [1.165, 1.54) is 0 Å². The fraction of sp³-hybridized carbons (Fsp3) is 1.00. The van der Waals surface area contributed by atoms with Crippen LogP contribution in [-0.4, -0.2) is 127 Å². The van der Waals surface area contributed by atoms with Crippen molar-refractivity contribution in [2.24, 2.45) is 0 Å². The van der Waals surface area contributed by atoms with Gasteiger partial charge in [-0.25, -0.2) is 0 Å². The molecule has 2 heterocycles. The summed E-state index contributed by atoms with van der Waals surface area (Å²) in [5, 5.41) is 75.2. The molecule has 2 aliphatic heterocycles. The minimum absolute atomic E-state index is 0.449. The molecule has 0 aliphatic carbocycles. The van der Waals surface area contributed by atoms with Gasteiger partial charge in [-0.3, -0.25) is 0 Å². The molecule has 0 unspecified atom stereocenters. The quantitative estimate of drug-likeness (QED) is 0.209. The van der Waals surface area contributed by atoms with Gasteiger partial charge in [-0.05, 0) is 41.5 Å². The Morgan fingerprint density at radius 1 is 0.531 bits per heavy atom. The van der Waals surface area contributed by atoms with E-state index in [0.717, 1.165) is 0 Å². The molecule has 192 valence electrons. The van der Waals surface area contributed by atoms with E-state index in [9.17, 15) is 30.6 Å². The van der Waals surface area contributed by atoms with Crippen LogP contribution in [0.1, 0.15) is 41.5 Å². The molecule has 0 aromatic heterocycles. The molecule has 8 N–H and O–H groups in total. The van der Waals surface area contributed by atoms with Crippen molar-refractivity contribution in [2.45, 2.75) is 114 Å². The highest BCUT2D eigenvalue weighted by Gasteiger charge is 2.46. The first-order valence-electron chi connectivity index (χ1n) is 10.5. The summed E-state index contributed by atoms with van der Waals surface area (Å²) in [7, 11) is 0. The standard InChI is InChI=1S/2C10H20O6/c2*1-10(2,3)16-9-8(14)7(13)6(12)5(4-11)15-9/h2*5-9,11-14H,4H2,1-3H3/t2*5-,6-,7+,8-,9+/m11/s1. The first-order chi connectivity index (χ1) is 14.5. The summed E-state index contributed by atoms with van der Waals surface area (Å²) >= 11 is 0. The Labute approximate surface area is 187 Å². The van der Waals surface area contributed by atoms with Gasteiger partial charge in [-0.15, -0.1) is 0 Å². The molecular formula is C20H40O12. The smallest absolute Gasteiger partial charge is 0.187 e. The monoisotopic (exact) mass is 472 g/mol. The van der Waals surface area contributed by atoms with E-state index in [1.807, 2.05) is 0 Å². The van der Waals surface area contributed by atoms with Gasteiger partial charge in [0.2, 0.25) is 0 Å². The lowest BCUT2D eigenvalue weighted by atomic mass is 9.99. The Kier molecular flexibility index (Phi) is 10.9. The third-order valence-electron chi connectivity index (χ3n) is 4.64. The van der Waals surface area contributed by atoms with Crippen molar-refractivity contribution in [1.29, 1.82) is 0 Å². The van der Waals surface area contributed by atoms with E-state index in [1.54, 1.807) is 41.5 Å². The molecule has 10 atom stereocenters. The van der Waals surface area contributed by atoms with Crippen LogP contribution in [0.3, 0.4) is 0 Å². The van der Waals surface area contributed by atoms with Crippen molar-refractivity contribution >= 4 is 0 Å². The second-order valence-corrected chi connectivity index (χ2v) is 9.86. The number of aliphatic hydroxyl groups excluding tert-OH is 8. The zero-order valence-corrected chi connectivity index (χ0v) is 19.4. The normalized spacial score (nSPS) is 41.1. The van der Waals surface area contributed by atoms with Gasteiger partial charge in [-0.2, -0.15) is 0 Å².